The number of hydrogen-bond acceptors (Lipinski definition) is 3. The number of Topliss-reactive ketones (excluding diaryl/α,β-unsaturated/α-hetero) is 1. The summed E-state index contributed by atoms with van der Waals surface area (Å²) in [6.45, 7) is 2.46. The molecule has 0 unspecified atom stereocenters. The fraction of sp³-hybridized carbons (Fsp3) is 0.385. The van der Waals surface area contributed by atoms with Crippen LogP contribution in [-0.2, 0) is 15.5 Å². The van der Waals surface area contributed by atoms with Gasteiger partial charge in [0, 0.05) is 5.56 Å². The molecular formula is C13H14F2O4. The van der Waals surface area contributed by atoms with E-state index in [1.165, 1.54) is 12.1 Å². The van der Waals surface area contributed by atoms with Crippen molar-refractivity contribution in [3.63, 3.8) is 0 Å². The molecule has 1 rings (SSSR count). The predicted molar refractivity (Wildman–Crippen MR) is 63.4 cm³/mol. The third kappa shape index (κ3) is 3.74. The molecule has 0 atom stereocenters. The minimum Gasteiger partial charge on any atom is -0.494 e. The molecule has 0 saturated heterocycles. The molecule has 0 amide bonds. The number of unbranched alkanes of at least 4 members (excludes halogenated alkanes) is 1. The molecule has 6 heteroatoms. The van der Waals surface area contributed by atoms with E-state index in [0.717, 1.165) is 25.0 Å². The highest BCUT2D eigenvalue weighted by Gasteiger charge is 2.45. The summed E-state index contributed by atoms with van der Waals surface area (Å²) in [6.07, 6.45) is 1.79. The number of carbonyl (C=O) groups is 2. The van der Waals surface area contributed by atoms with E-state index in [1.54, 1.807) is 0 Å². The van der Waals surface area contributed by atoms with Crippen molar-refractivity contribution in [2.45, 2.75) is 25.7 Å². The first-order valence-electron chi connectivity index (χ1n) is 5.78. The lowest BCUT2D eigenvalue weighted by Crippen LogP contribution is -2.32. The molecule has 0 radical (unpaired) electrons. The highest BCUT2D eigenvalue weighted by atomic mass is 19.3. The predicted octanol–water partition coefficient (Wildman–Crippen LogP) is 2.61. The molecule has 1 N–H and O–H groups in total. The summed E-state index contributed by atoms with van der Waals surface area (Å²) >= 11 is 0. The quantitative estimate of drug-likeness (QED) is 0.612. The number of benzene rings is 1. The molecule has 1 aromatic rings. The van der Waals surface area contributed by atoms with Gasteiger partial charge in [-0.2, -0.15) is 8.78 Å². The van der Waals surface area contributed by atoms with Crippen molar-refractivity contribution in [1.29, 1.82) is 0 Å². The zero-order chi connectivity index (χ0) is 14.5. The normalized spacial score (nSPS) is 11.1. The number of halogens is 2. The second kappa shape index (κ2) is 6.26. The zero-order valence-electron chi connectivity index (χ0n) is 10.4. The SMILES string of the molecule is CCCCOc1ccc(C(F)(F)C(=O)C(=O)O)cc1. The lowest BCUT2D eigenvalue weighted by atomic mass is 10.0. The zero-order valence-corrected chi connectivity index (χ0v) is 10.4. The molecule has 4 nitrogen and oxygen atoms in total. The average Bonchev–Trinajstić information content (AvgIpc) is 2.38. The number of hydrogen-bond donors (Lipinski definition) is 1. The second-order valence-corrected chi connectivity index (χ2v) is 3.94. The Morgan fingerprint density at radius 1 is 1.26 bits per heavy atom. The van der Waals surface area contributed by atoms with Gasteiger partial charge in [0.25, 0.3) is 0 Å². The molecule has 0 heterocycles. The summed E-state index contributed by atoms with van der Waals surface area (Å²) in [6, 6.07) is 4.55. The van der Waals surface area contributed by atoms with Crippen LogP contribution in [0, 0.1) is 0 Å². The standard InChI is InChI=1S/C13H14F2O4/c1-2-3-8-19-10-6-4-9(5-7-10)13(14,15)11(16)12(17)18/h4-7H,2-3,8H2,1H3,(H,17,18). The summed E-state index contributed by atoms with van der Waals surface area (Å²) < 4.78 is 32.2. The first kappa shape index (κ1) is 15.1. The molecule has 1 aromatic carbocycles. The van der Waals surface area contributed by atoms with Crippen LogP contribution < -0.4 is 4.74 Å². The number of carboxylic acids is 1. The Labute approximate surface area is 109 Å². The van der Waals surface area contributed by atoms with E-state index >= 15 is 0 Å². The highest BCUT2D eigenvalue weighted by Crippen LogP contribution is 2.30. The third-order valence-corrected chi connectivity index (χ3v) is 2.46. The van der Waals surface area contributed by atoms with Crippen LogP contribution in [-0.4, -0.2) is 23.5 Å². The summed E-state index contributed by atoms with van der Waals surface area (Å²) in [7, 11) is 0. The van der Waals surface area contributed by atoms with Gasteiger partial charge in [0.1, 0.15) is 5.75 Å². The molecule has 19 heavy (non-hydrogen) atoms. The molecule has 0 aromatic heterocycles. The van der Waals surface area contributed by atoms with Crippen molar-refractivity contribution >= 4 is 11.8 Å². The summed E-state index contributed by atoms with van der Waals surface area (Å²) in [5, 5.41) is 8.32. The average molecular weight is 272 g/mol. The van der Waals surface area contributed by atoms with Crippen molar-refractivity contribution in [3.8, 4) is 5.75 Å². The summed E-state index contributed by atoms with van der Waals surface area (Å²) in [4.78, 5) is 21.2. The van der Waals surface area contributed by atoms with Crippen molar-refractivity contribution in [2.75, 3.05) is 6.61 Å². The van der Waals surface area contributed by atoms with Gasteiger partial charge in [-0.15, -0.1) is 0 Å². The third-order valence-electron chi connectivity index (χ3n) is 2.46. The lowest BCUT2D eigenvalue weighted by Gasteiger charge is -2.13. The van der Waals surface area contributed by atoms with Gasteiger partial charge in [-0.3, -0.25) is 4.79 Å². The molecule has 0 saturated carbocycles. The van der Waals surface area contributed by atoms with Gasteiger partial charge in [-0.05, 0) is 30.7 Å². The maximum Gasteiger partial charge on any atom is 0.379 e. The molecule has 104 valence electrons. The van der Waals surface area contributed by atoms with E-state index in [-0.39, 0.29) is 0 Å². The van der Waals surface area contributed by atoms with Crippen LogP contribution in [0.25, 0.3) is 0 Å². The highest BCUT2D eigenvalue weighted by molar-refractivity contribution is 6.35. The number of ether oxygens (including phenoxy) is 1. The van der Waals surface area contributed by atoms with Gasteiger partial charge in [0.15, 0.2) is 0 Å². The van der Waals surface area contributed by atoms with Gasteiger partial charge in [0.05, 0.1) is 6.61 Å². The smallest absolute Gasteiger partial charge is 0.379 e. The fourth-order valence-electron chi connectivity index (χ4n) is 1.36. The van der Waals surface area contributed by atoms with Crippen molar-refractivity contribution in [2.24, 2.45) is 0 Å². The molecule has 0 aliphatic carbocycles. The number of ketones is 1. The lowest BCUT2D eigenvalue weighted by molar-refractivity contribution is -0.163. The van der Waals surface area contributed by atoms with Gasteiger partial charge < -0.3 is 9.84 Å². The summed E-state index contributed by atoms with van der Waals surface area (Å²) in [5.74, 6) is -7.94. The maximum atomic E-state index is 13.5. The first-order chi connectivity index (χ1) is 8.89. The molecule has 0 aliphatic rings. The minimum absolute atomic E-state index is 0.399. The Balaban J connectivity index is 2.80. The Morgan fingerprint density at radius 2 is 1.84 bits per heavy atom. The number of carboxylic acid groups (broad SMARTS) is 1. The van der Waals surface area contributed by atoms with Gasteiger partial charge in [-0.1, -0.05) is 13.3 Å². The molecule has 0 bridgehead atoms. The van der Waals surface area contributed by atoms with Gasteiger partial charge in [0.2, 0.25) is 0 Å². The van der Waals surface area contributed by atoms with Crippen molar-refractivity contribution in [3.05, 3.63) is 29.8 Å². The van der Waals surface area contributed by atoms with Gasteiger partial charge in [-0.25, -0.2) is 4.79 Å². The monoisotopic (exact) mass is 272 g/mol. The maximum absolute atomic E-state index is 13.5. The van der Waals surface area contributed by atoms with Crippen LogP contribution in [0.4, 0.5) is 8.78 Å². The Morgan fingerprint density at radius 3 is 2.32 bits per heavy atom. The van der Waals surface area contributed by atoms with E-state index in [2.05, 4.69) is 0 Å². The van der Waals surface area contributed by atoms with E-state index in [1.807, 2.05) is 6.92 Å². The molecular weight excluding hydrogens is 258 g/mol. The Hall–Kier alpha value is -1.98. The van der Waals surface area contributed by atoms with Crippen LogP contribution in [0.2, 0.25) is 0 Å². The van der Waals surface area contributed by atoms with Crippen molar-refractivity contribution in [1.82, 2.24) is 0 Å². The summed E-state index contributed by atoms with van der Waals surface area (Å²) in [5.41, 5.74) is -0.664. The number of aliphatic carboxylic acids is 1. The number of alkyl halides is 2. The second-order valence-electron chi connectivity index (χ2n) is 3.94. The fourth-order valence-corrected chi connectivity index (χ4v) is 1.36. The van der Waals surface area contributed by atoms with E-state index in [4.69, 9.17) is 9.84 Å². The topological polar surface area (TPSA) is 63.6 Å². The van der Waals surface area contributed by atoms with Crippen LogP contribution >= 0.6 is 0 Å². The van der Waals surface area contributed by atoms with E-state index in [0.29, 0.717) is 12.4 Å². The van der Waals surface area contributed by atoms with Crippen LogP contribution in [0.5, 0.6) is 5.75 Å². The minimum atomic E-state index is -4.03. The molecule has 0 aliphatic heterocycles. The van der Waals surface area contributed by atoms with E-state index < -0.39 is 23.2 Å². The number of rotatable bonds is 7. The Bertz CT molecular complexity index is 454. The number of carbonyl (C=O) groups excluding carboxylic acids is 1. The van der Waals surface area contributed by atoms with Gasteiger partial charge >= 0.3 is 17.7 Å². The van der Waals surface area contributed by atoms with Crippen LogP contribution in [0.15, 0.2) is 24.3 Å². The van der Waals surface area contributed by atoms with Crippen molar-refractivity contribution < 1.29 is 28.2 Å². The largest absolute Gasteiger partial charge is 0.494 e. The Kier molecular flexibility index (Phi) is 4.97. The molecule has 0 fully saturated rings. The first-order valence-corrected chi connectivity index (χ1v) is 5.78. The van der Waals surface area contributed by atoms with Crippen LogP contribution in [0.3, 0.4) is 0 Å². The molecule has 0 spiro atoms. The van der Waals surface area contributed by atoms with E-state index in [9.17, 15) is 18.4 Å². The van der Waals surface area contributed by atoms with Crippen LogP contribution in [0.1, 0.15) is 25.3 Å².